The van der Waals surface area contributed by atoms with Crippen LogP contribution >= 0.6 is 0 Å². The zero-order chi connectivity index (χ0) is 26.6. The number of amides is 4. The maximum absolute atomic E-state index is 12.2. The number of aliphatic hydroxyl groups excluding tert-OH is 8. The predicted molar refractivity (Wildman–Crippen MR) is 106 cm³/mol. The summed E-state index contributed by atoms with van der Waals surface area (Å²) in [6.07, 6.45) is -7.87. The number of primary amides is 1. The van der Waals surface area contributed by atoms with Crippen molar-refractivity contribution in [2.24, 2.45) is 11.7 Å². The van der Waals surface area contributed by atoms with Crippen molar-refractivity contribution in [2.75, 3.05) is 26.4 Å². The van der Waals surface area contributed by atoms with Crippen molar-refractivity contribution in [1.29, 1.82) is 0 Å². The van der Waals surface area contributed by atoms with E-state index in [0.717, 1.165) is 4.90 Å². The molecule has 12 N–H and O–H groups in total. The number of carbonyl (C=O) groups is 4. The van der Waals surface area contributed by atoms with Crippen LogP contribution in [0.3, 0.4) is 0 Å². The lowest BCUT2D eigenvalue weighted by Gasteiger charge is -2.37. The summed E-state index contributed by atoms with van der Waals surface area (Å²) in [7, 11) is 0. The number of nitrogens with one attached hydrogen (secondary N) is 1. The summed E-state index contributed by atoms with van der Waals surface area (Å²) < 4.78 is 0. The van der Waals surface area contributed by atoms with Gasteiger partial charge in [-0.2, -0.15) is 5.48 Å². The van der Waals surface area contributed by atoms with E-state index < -0.39 is 68.4 Å². The van der Waals surface area contributed by atoms with Crippen LogP contribution < -0.4 is 11.2 Å². The second-order valence-corrected chi connectivity index (χ2v) is 6.80. The van der Waals surface area contributed by atoms with Gasteiger partial charge in [0.05, 0.1) is 37.9 Å². The van der Waals surface area contributed by atoms with Crippen molar-refractivity contribution < 1.29 is 65.2 Å². The Bertz CT molecular complexity index is 694. The summed E-state index contributed by atoms with van der Waals surface area (Å²) in [4.78, 5) is 45.3. The third-order valence-corrected chi connectivity index (χ3v) is 4.41. The molecule has 196 valence electrons. The van der Waals surface area contributed by atoms with Crippen LogP contribution in [0.5, 0.6) is 0 Å². The lowest BCUT2D eigenvalue weighted by atomic mass is 9.94. The SMILES string of the molecule is NC(=O)CCN1C(=O)C=CC1=O.O=C(C(C(O)CO)C(O)CO)N(C(O)CO)C(O)C(O)NO. The van der Waals surface area contributed by atoms with E-state index in [-0.39, 0.29) is 29.7 Å². The van der Waals surface area contributed by atoms with Gasteiger partial charge in [0, 0.05) is 25.1 Å². The number of aliphatic hydroxyl groups is 8. The van der Waals surface area contributed by atoms with Crippen LogP contribution in [0.1, 0.15) is 6.42 Å². The quantitative estimate of drug-likeness (QED) is 0.0639. The Morgan fingerprint density at radius 3 is 1.76 bits per heavy atom. The number of hydroxylamine groups is 1. The summed E-state index contributed by atoms with van der Waals surface area (Å²) in [6.45, 7) is -3.00. The topological polar surface area (TPSA) is 295 Å². The molecule has 34 heavy (non-hydrogen) atoms. The molecule has 0 aromatic rings. The van der Waals surface area contributed by atoms with Crippen molar-refractivity contribution in [2.45, 2.75) is 37.3 Å². The maximum Gasteiger partial charge on any atom is 0.253 e. The third kappa shape index (κ3) is 8.99. The molecule has 0 aliphatic carbocycles. The molecular weight excluding hydrogens is 468 g/mol. The first-order valence-corrected chi connectivity index (χ1v) is 9.64. The summed E-state index contributed by atoms with van der Waals surface area (Å²) >= 11 is 0. The minimum atomic E-state index is -2.28. The Hall–Kier alpha value is -2.58. The van der Waals surface area contributed by atoms with Crippen LogP contribution in [0.4, 0.5) is 0 Å². The standard InChI is InChI=1S/C10H22N2O10.C7H8N2O3/c13-1-4(16)7(5(17)2-14)9(20)12(6(18)3-15)10(21)8(19)11-22;8-5(10)3-4-9-6(11)1-2-7(9)12/h4-8,10-11,13-19,21-22H,1-3H2;1-2H,3-4H2,(H2,8,10). The first kappa shape index (κ1) is 31.4. The van der Waals surface area contributed by atoms with Crippen molar-refractivity contribution in [3.63, 3.8) is 0 Å². The minimum Gasteiger partial charge on any atom is -0.394 e. The molecule has 0 aromatic heterocycles. The molecule has 5 unspecified atom stereocenters. The van der Waals surface area contributed by atoms with Crippen LogP contribution in [0.25, 0.3) is 0 Å². The third-order valence-electron chi connectivity index (χ3n) is 4.41. The highest BCUT2D eigenvalue weighted by Gasteiger charge is 2.42. The summed E-state index contributed by atoms with van der Waals surface area (Å²) in [5.41, 5.74) is 6.05. The molecule has 4 amide bonds. The molecule has 0 saturated heterocycles. The molecule has 0 bridgehead atoms. The highest BCUT2D eigenvalue weighted by atomic mass is 16.5. The van der Waals surface area contributed by atoms with E-state index in [2.05, 4.69) is 0 Å². The second kappa shape index (κ2) is 15.3. The van der Waals surface area contributed by atoms with Gasteiger partial charge in [-0.1, -0.05) is 0 Å². The van der Waals surface area contributed by atoms with Crippen LogP contribution in [0.2, 0.25) is 0 Å². The monoisotopic (exact) mass is 498 g/mol. The molecule has 0 fully saturated rings. The van der Waals surface area contributed by atoms with Crippen LogP contribution in [0, 0.1) is 5.92 Å². The zero-order valence-electron chi connectivity index (χ0n) is 17.8. The van der Waals surface area contributed by atoms with E-state index in [0.29, 0.717) is 0 Å². The van der Waals surface area contributed by atoms with E-state index in [1.807, 2.05) is 0 Å². The Labute approximate surface area is 192 Å². The Morgan fingerprint density at radius 2 is 1.41 bits per heavy atom. The van der Waals surface area contributed by atoms with E-state index in [9.17, 15) is 44.7 Å². The molecule has 17 nitrogen and oxygen atoms in total. The molecule has 0 aromatic carbocycles. The minimum absolute atomic E-state index is 0.0131. The van der Waals surface area contributed by atoms with Gasteiger partial charge in [0.2, 0.25) is 11.8 Å². The number of imide groups is 1. The van der Waals surface area contributed by atoms with Gasteiger partial charge in [-0.3, -0.25) is 29.0 Å². The first-order valence-electron chi connectivity index (χ1n) is 9.64. The number of nitrogens with two attached hydrogens (primary N) is 1. The largest absolute Gasteiger partial charge is 0.394 e. The van der Waals surface area contributed by atoms with Gasteiger partial charge in [0.15, 0.2) is 18.7 Å². The van der Waals surface area contributed by atoms with E-state index in [1.54, 1.807) is 0 Å². The molecule has 0 spiro atoms. The molecule has 0 radical (unpaired) electrons. The number of carbonyl (C=O) groups excluding carboxylic acids is 4. The normalized spacial score (nSPS) is 18.4. The Kier molecular flexibility index (Phi) is 14.2. The van der Waals surface area contributed by atoms with E-state index in [4.69, 9.17) is 26.3 Å². The molecule has 5 atom stereocenters. The lowest BCUT2D eigenvalue weighted by molar-refractivity contribution is -0.204. The summed E-state index contributed by atoms with van der Waals surface area (Å²) in [6, 6.07) is 0. The fourth-order valence-electron chi connectivity index (χ4n) is 2.62. The Balaban J connectivity index is 0.000000757. The highest BCUT2D eigenvalue weighted by Crippen LogP contribution is 2.18. The van der Waals surface area contributed by atoms with Gasteiger partial charge in [-0.05, 0) is 0 Å². The van der Waals surface area contributed by atoms with Crippen molar-refractivity contribution in [1.82, 2.24) is 15.3 Å². The van der Waals surface area contributed by atoms with Gasteiger partial charge in [0.25, 0.3) is 11.8 Å². The lowest BCUT2D eigenvalue weighted by Crippen LogP contribution is -2.60. The number of rotatable bonds is 13. The molecule has 1 rings (SSSR count). The van der Waals surface area contributed by atoms with Crippen LogP contribution in [-0.2, 0) is 19.2 Å². The maximum atomic E-state index is 12.2. The molecule has 17 heteroatoms. The molecule has 1 aliphatic heterocycles. The summed E-state index contributed by atoms with van der Waals surface area (Å²) in [5.74, 6) is -4.58. The highest BCUT2D eigenvalue weighted by molar-refractivity contribution is 6.13. The predicted octanol–water partition coefficient (Wildman–Crippen LogP) is -7.15. The van der Waals surface area contributed by atoms with Gasteiger partial charge >= 0.3 is 0 Å². The number of nitrogens with zero attached hydrogens (tertiary/aromatic N) is 2. The Morgan fingerprint density at radius 1 is 0.941 bits per heavy atom. The number of hydrogen-bond acceptors (Lipinski definition) is 14. The zero-order valence-corrected chi connectivity index (χ0v) is 17.8. The first-order chi connectivity index (χ1) is 15.9. The molecule has 1 aliphatic rings. The fourth-order valence-corrected chi connectivity index (χ4v) is 2.62. The average molecular weight is 498 g/mol. The number of hydrogen-bond donors (Lipinski definition) is 11. The van der Waals surface area contributed by atoms with Gasteiger partial charge in [-0.25, -0.2) is 0 Å². The van der Waals surface area contributed by atoms with Gasteiger partial charge in [-0.15, -0.1) is 0 Å². The average Bonchev–Trinajstić information content (AvgIpc) is 3.13. The van der Waals surface area contributed by atoms with Gasteiger partial charge in [0.1, 0.15) is 0 Å². The van der Waals surface area contributed by atoms with Crippen LogP contribution in [0.15, 0.2) is 12.2 Å². The molecular formula is C17H30N4O13. The molecule has 0 saturated carbocycles. The van der Waals surface area contributed by atoms with E-state index in [1.165, 1.54) is 17.6 Å². The van der Waals surface area contributed by atoms with Crippen molar-refractivity contribution in [3.05, 3.63) is 12.2 Å². The summed E-state index contributed by atoms with van der Waals surface area (Å²) in [5, 5.41) is 82.7. The van der Waals surface area contributed by atoms with Crippen molar-refractivity contribution >= 4 is 23.6 Å². The van der Waals surface area contributed by atoms with Crippen molar-refractivity contribution in [3.8, 4) is 0 Å². The molecule has 1 heterocycles. The second-order valence-electron chi connectivity index (χ2n) is 6.80. The van der Waals surface area contributed by atoms with Crippen LogP contribution in [-0.4, -0.2) is 137 Å². The van der Waals surface area contributed by atoms with Gasteiger partial charge < -0.3 is 51.8 Å². The fraction of sp³-hybridized carbons (Fsp3) is 0.647. The smallest absolute Gasteiger partial charge is 0.253 e. The van der Waals surface area contributed by atoms with E-state index >= 15 is 0 Å².